The van der Waals surface area contributed by atoms with Gasteiger partial charge in [-0.2, -0.15) is 0 Å². The zero-order chi connectivity index (χ0) is 10.7. The van der Waals surface area contributed by atoms with Crippen molar-refractivity contribution in [2.75, 3.05) is 13.2 Å². The number of phosphoric acid groups is 1. The number of phosphoric ester groups is 1. The number of aliphatic hydroxyl groups is 3. The zero-order valence-electron chi connectivity index (χ0n) is 6.99. The van der Waals surface area contributed by atoms with E-state index in [1.807, 2.05) is 0 Å². The Morgan fingerprint density at radius 1 is 1.54 bits per heavy atom. The van der Waals surface area contributed by atoms with E-state index in [9.17, 15) is 4.57 Å². The first-order valence-corrected chi connectivity index (χ1v) is 4.93. The number of aliphatic hydroxyl groups excluding tert-OH is 2. The summed E-state index contributed by atoms with van der Waals surface area (Å²) in [6.07, 6.45) is -1.56. The summed E-state index contributed by atoms with van der Waals surface area (Å²) in [6.45, 7) is -0.378. The fraction of sp³-hybridized carbons (Fsp3) is 1.00. The number of rotatable bonds is 5. The second-order valence-corrected chi connectivity index (χ2v) is 4.06. The van der Waals surface area contributed by atoms with Gasteiger partial charge in [0.1, 0.15) is 11.7 Å². The lowest BCUT2D eigenvalue weighted by molar-refractivity contribution is -0.107. The van der Waals surface area contributed by atoms with Crippen LogP contribution in [-0.2, 0) is 9.09 Å². The summed E-state index contributed by atoms with van der Waals surface area (Å²) in [5.74, 6) is 0. The van der Waals surface area contributed by atoms with E-state index in [0.29, 0.717) is 0 Å². The molecule has 0 aliphatic heterocycles. The van der Waals surface area contributed by atoms with Crippen molar-refractivity contribution in [2.24, 2.45) is 0 Å². The highest BCUT2D eigenvalue weighted by atomic mass is 31.2. The number of hydrogen-bond acceptors (Lipinski definition) is 5. The lowest BCUT2D eigenvalue weighted by Crippen LogP contribution is -2.45. The predicted octanol–water partition coefficient (Wildman–Crippen LogP) is -1.80. The maximum absolute atomic E-state index is 10.2. The van der Waals surface area contributed by atoms with Crippen LogP contribution in [0.2, 0.25) is 0 Å². The van der Waals surface area contributed by atoms with Crippen molar-refractivity contribution < 1.29 is 34.2 Å². The van der Waals surface area contributed by atoms with Crippen molar-refractivity contribution in [2.45, 2.75) is 18.6 Å². The minimum absolute atomic E-state index is 0.737. The molecule has 0 aliphatic rings. The van der Waals surface area contributed by atoms with Crippen LogP contribution in [0, 0.1) is 0 Å². The highest BCUT2D eigenvalue weighted by Gasteiger charge is 2.31. The summed E-state index contributed by atoms with van der Waals surface area (Å²) in [6, 6.07) is 0. The third-order valence-electron chi connectivity index (χ3n) is 1.44. The molecule has 13 heavy (non-hydrogen) atoms. The van der Waals surface area contributed by atoms with Gasteiger partial charge in [0.15, 0.2) is 0 Å². The quantitative estimate of drug-likeness (QED) is 0.272. The van der Waals surface area contributed by atoms with Gasteiger partial charge >= 0.3 is 7.82 Å². The standard InChI is InChI=1S/C5H13O7P/c1-5(8,3-6)4(7)2-12-13(9,10)11/h4,6-8H,2-3H2,1H3,(H2,9,10,11)/t4-,5+/m1/s1/i1+1,5+1. The van der Waals surface area contributed by atoms with Gasteiger partial charge in [-0.1, -0.05) is 0 Å². The second-order valence-electron chi connectivity index (χ2n) is 2.82. The van der Waals surface area contributed by atoms with Crippen LogP contribution in [0.15, 0.2) is 0 Å². The van der Waals surface area contributed by atoms with Gasteiger partial charge in [-0.3, -0.25) is 4.52 Å². The third-order valence-corrected chi connectivity index (χ3v) is 1.92. The molecule has 7 nitrogen and oxygen atoms in total. The Bertz CT molecular complexity index is 197. The van der Waals surface area contributed by atoms with Gasteiger partial charge in [-0.15, -0.1) is 0 Å². The van der Waals surface area contributed by atoms with Gasteiger partial charge in [-0.05, 0) is 6.92 Å². The molecule has 0 aromatic heterocycles. The molecule has 0 aliphatic carbocycles. The van der Waals surface area contributed by atoms with E-state index >= 15 is 0 Å². The summed E-state index contributed by atoms with van der Waals surface area (Å²) < 4.78 is 14.1. The molecule has 0 heterocycles. The van der Waals surface area contributed by atoms with Crippen molar-refractivity contribution in [3.63, 3.8) is 0 Å². The van der Waals surface area contributed by atoms with Crippen LogP contribution < -0.4 is 0 Å². The van der Waals surface area contributed by atoms with Crippen molar-refractivity contribution in [1.29, 1.82) is 0 Å². The minimum Gasteiger partial charge on any atom is -0.393 e. The predicted molar refractivity (Wildman–Crippen MR) is 41.7 cm³/mol. The van der Waals surface area contributed by atoms with Crippen LogP contribution in [0.4, 0.5) is 0 Å². The molecular weight excluding hydrogens is 205 g/mol. The van der Waals surface area contributed by atoms with Crippen molar-refractivity contribution in [3.05, 3.63) is 0 Å². The second kappa shape index (κ2) is 4.47. The molecule has 0 rings (SSSR count). The average molecular weight is 218 g/mol. The van der Waals surface area contributed by atoms with E-state index < -0.39 is 32.7 Å². The van der Waals surface area contributed by atoms with Crippen LogP contribution in [-0.4, -0.2) is 50.0 Å². The molecule has 0 saturated heterocycles. The van der Waals surface area contributed by atoms with E-state index in [2.05, 4.69) is 4.52 Å². The fourth-order valence-corrected chi connectivity index (χ4v) is 0.788. The smallest absolute Gasteiger partial charge is 0.393 e. The summed E-state index contributed by atoms with van der Waals surface area (Å²) >= 11 is 0. The zero-order valence-corrected chi connectivity index (χ0v) is 7.89. The lowest BCUT2D eigenvalue weighted by Gasteiger charge is -2.26. The summed E-state index contributed by atoms with van der Waals surface area (Å²) in [5.41, 5.74) is -1.84. The van der Waals surface area contributed by atoms with Crippen LogP contribution >= 0.6 is 7.82 Å². The highest BCUT2D eigenvalue weighted by molar-refractivity contribution is 7.46. The summed E-state index contributed by atoms with van der Waals surface area (Å²) in [4.78, 5) is 16.5. The molecule has 0 aromatic carbocycles. The SMILES string of the molecule is [13CH3][13C@](O)(CO)[C@H](O)COP(=O)(O)O. The molecule has 0 saturated carbocycles. The first-order valence-electron chi connectivity index (χ1n) is 3.40. The molecule has 0 bridgehead atoms. The largest absolute Gasteiger partial charge is 0.469 e. The molecule has 80 valence electrons. The Labute approximate surface area is 74.8 Å². The molecule has 0 unspecified atom stereocenters. The molecule has 0 aromatic rings. The normalized spacial score (nSPS) is 19.5. The van der Waals surface area contributed by atoms with E-state index in [4.69, 9.17) is 25.1 Å². The van der Waals surface area contributed by atoms with E-state index in [-0.39, 0.29) is 0 Å². The van der Waals surface area contributed by atoms with Crippen molar-refractivity contribution in [3.8, 4) is 0 Å². The Morgan fingerprint density at radius 2 is 2.00 bits per heavy atom. The van der Waals surface area contributed by atoms with E-state index in [1.54, 1.807) is 0 Å². The molecule has 0 spiro atoms. The van der Waals surface area contributed by atoms with Gasteiger partial charge < -0.3 is 25.1 Å². The molecule has 0 radical (unpaired) electrons. The Morgan fingerprint density at radius 3 is 2.31 bits per heavy atom. The van der Waals surface area contributed by atoms with Crippen LogP contribution in [0.1, 0.15) is 6.92 Å². The topological polar surface area (TPSA) is 127 Å². The Balaban J connectivity index is 4.02. The summed E-state index contributed by atoms with van der Waals surface area (Å²) in [5, 5.41) is 26.8. The van der Waals surface area contributed by atoms with E-state index in [0.717, 1.165) is 6.92 Å². The molecular formula is C5H13O7P. The lowest BCUT2D eigenvalue weighted by atomic mass is 10.4. The van der Waals surface area contributed by atoms with Gasteiger partial charge in [0, 0.05) is 0 Å². The Kier molecular flexibility index (Phi) is 4.47. The number of hydrogen-bond donors (Lipinski definition) is 5. The van der Waals surface area contributed by atoms with Crippen LogP contribution in [0.5, 0.6) is 0 Å². The minimum atomic E-state index is -4.65. The van der Waals surface area contributed by atoms with E-state index in [1.165, 1.54) is 0 Å². The van der Waals surface area contributed by atoms with Gasteiger partial charge in [0.2, 0.25) is 0 Å². The van der Waals surface area contributed by atoms with Crippen LogP contribution in [0.25, 0.3) is 0 Å². The van der Waals surface area contributed by atoms with Gasteiger partial charge in [0.05, 0.1) is 13.2 Å². The monoisotopic (exact) mass is 218 g/mol. The van der Waals surface area contributed by atoms with Crippen LogP contribution in [0.3, 0.4) is 0 Å². The summed E-state index contributed by atoms with van der Waals surface area (Å²) in [7, 11) is -4.65. The maximum atomic E-state index is 10.2. The maximum Gasteiger partial charge on any atom is 0.469 e. The molecule has 0 fully saturated rings. The molecule has 2 atom stereocenters. The average Bonchev–Trinajstić information content (AvgIpc) is 1.98. The van der Waals surface area contributed by atoms with Crippen molar-refractivity contribution in [1.82, 2.24) is 0 Å². The van der Waals surface area contributed by atoms with Gasteiger partial charge in [-0.25, -0.2) is 4.57 Å². The first kappa shape index (κ1) is 13.0. The Hall–Kier alpha value is -0.0100. The fourth-order valence-electron chi connectivity index (χ4n) is 0.453. The molecule has 5 N–H and O–H groups in total. The molecule has 0 amide bonds. The first-order chi connectivity index (χ1) is 5.69. The molecule has 8 heteroatoms. The highest BCUT2D eigenvalue weighted by Crippen LogP contribution is 2.36. The van der Waals surface area contributed by atoms with Crippen molar-refractivity contribution >= 4 is 7.82 Å². The third kappa shape index (κ3) is 5.33. The van der Waals surface area contributed by atoms with Gasteiger partial charge in [0.25, 0.3) is 0 Å².